The zero-order valence-electron chi connectivity index (χ0n) is 9.68. The van der Waals surface area contributed by atoms with Crippen LogP contribution in [0.2, 0.25) is 0 Å². The lowest BCUT2D eigenvalue weighted by Crippen LogP contribution is -2.30. The van der Waals surface area contributed by atoms with Crippen LogP contribution in [-0.2, 0) is 4.79 Å². The Balaban J connectivity index is 1.88. The molecule has 1 aromatic rings. The molecule has 1 amide bonds. The number of carbonyl (C=O) groups is 1. The van der Waals surface area contributed by atoms with Crippen LogP contribution in [0.3, 0.4) is 0 Å². The predicted molar refractivity (Wildman–Crippen MR) is 68.8 cm³/mol. The first-order chi connectivity index (χ1) is 8.78. The third kappa shape index (κ3) is 1.74. The average molecular weight is 240 g/mol. The van der Waals surface area contributed by atoms with E-state index in [1.54, 1.807) is 0 Å². The molecule has 0 spiro atoms. The summed E-state index contributed by atoms with van der Waals surface area (Å²) >= 11 is 0. The standard InChI is InChI=1S/C13H12N4O/c14-15-13(18)5-4-11-10-6-8-2-1-3-9(8)7-12(10)17-16-11/h1-3,6-7H,4-5,14H2,(H,15,18). The summed E-state index contributed by atoms with van der Waals surface area (Å²) in [7, 11) is 0. The number of rotatable bonds is 3. The molecule has 0 saturated heterocycles. The molecule has 1 aromatic carbocycles. The molecule has 0 radical (unpaired) electrons. The minimum absolute atomic E-state index is 0.194. The lowest BCUT2D eigenvalue weighted by atomic mass is 10.0. The van der Waals surface area contributed by atoms with Crippen molar-refractivity contribution in [2.24, 2.45) is 16.0 Å². The van der Waals surface area contributed by atoms with Gasteiger partial charge in [0.1, 0.15) is 0 Å². The maximum Gasteiger partial charge on any atom is 0.234 e. The van der Waals surface area contributed by atoms with Gasteiger partial charge in [-0.2, -0.15) is 10.2 Å². The minimum Gasteiger partial charge on any atom is -0.294 e. The van der Waals surface area contributed by atoms with Crippen molar-refractivity contribution in [3.8, 4) is 0 Å². The van der Waals surface area contributed by atoms with Crippen molar-refractivity contribution < 1.29 is 4.79 Å². The molecule has 1 aliphatic carbocycles. The van der Waals surface area contributed by atoms with Gasteiger partial charge in [-0.05, 0) is 22.9 Å². The molecule has 1 heterocycles. The van der Waals surface area contributed by atoms with E-state index in [0.29, 0.717) is 12.8 Å². The molecule has 1 aliphatic heterocycles. The van der Waals surface area contributed by atoms with E-state index in [0.717, 1.165) is 22.2 Å². The number of hydrogen-bond acceptors (Lipinski definition) is 4. The number of benzene rings is 1. The maximum absolute atomic E-state index is 11.1. The lowest BCUT2D eigenvalue weighted by molar-refractivity contribution is -0.121. The average Bonchev–Trinajstić information content (AvgIpc) is 2.99. The highest BCUT2D eigenvalue weighted by Gasteiger charge is 2.15. The zero-order chi connectivity index (χ0) is 12.5. The number of nitrogens with one attached hydrogen (secondary N) is 1. The molecule has 2 aliphatic rings. The van der Waals surface area contributed by atoms with Crippen LogP contribution >= 0.6 is 0 Å². The van der Waals surface area contributed by atoms with Crippen LogP contribution in [0.5, 0.6) is 0 Å². The molecule has 0 atom stereocenters. The Morgan fingerprint density at radius 2 is 2.22 bits per heavy atom. The van der Waals surface area contributed by atoms with Gasteiger partial charge in [0.2, 0.25) is 5.91 Å². The van der Waals surface area contributed by atoms with E-state index in [-0.39, 0.29) is 5.91 Å². The summed E-state index contributed by atoms with van der Waals surface area (Å²) in [6.45, 7) is 0. The maximum atomic E-state index is 11.1. The Morgan fingerprint density at radius 3 is 3.06 bits per heavy atom. The van der Waals surface area contributed by atoms with Gasteiger partial charge in [0.05, 0.1) is 11.1 Å². The lowest BCUT2D eigenvalue weighted by Gasteiger charge is -2.02. The van der Waals surface area contributed by atoms with E-state index in [1.165, 1.54) is 5.22 Å². The molecule has 0 fully saturated rings. The Morgan fingerprint density at radius 1 is 1.33 bits per heavy atom. The van der Waals surface area contributed by atoms with E-state index < -0.39 is 0 Å². The van der Waals surface area contributed by atoms with Gasteiger partial charge in [0, 0.05) is 18.4 Å². The molecule has 5 nitrogen and oxygen atoms in total. The van der Waals surface area contributed by atoms with Gasteiger partial charge in [-0.1, -0.05) is 18.2 Å². The van der Waals surface area contributed by atoms with Crippen molar-refractivity contribution >= 4 is 23.8 Å². The van der Waals surface area contributed by atoms with Gasteiger partial charge in [0.15, 0.2) is 0 Å². The molecule has 3 N–H and O–H groups in total. The Kier molecular flexibility index (Phi) is 2.53. The minimum atomic E-state index is -0.194. The van der Waals surface area contributed by atoms with E-state index in [4.69, 9.17) is 5.84 Å². The summed E-state index contributed by atoms with van der Waals surface area (Å²) < 4.78 is 0. The van der Waals surface area contributed by atoms with Gasteiger partial charge in [-0.25, -0.2) is 5.84 Å². The van der Waals surface area contributed by atoms with Gasteiger partial charge in [-0.3, -0.25) is 10.2 Å². The highest BCUT2D eigenvalue weighted by molar-refractivity contribution is 6.03. The van der Waals surface area contributed by atoms with Crippen LogP contribution in [0, 0.1) is 0 Å². The second-order valence-corrected chi connectivity index (χ2v) is 4.24. The number of fused-ring (bicyclic) bond motifs is 2. The summed E-state index contributed by atoms with van der Waals surface area (Å²) in [5.41, 5.74) is 5.13. The number of nitrogens with zero attached hydrogens (tertiary/aromatic N) is 2. The van der Waals surface area contributed by atoms with Crippen molar-refractivity contribution in [2.75, 3.05) is 0 Å². The van der Waals surface area contributed by atoms with Crippen molar-refractivity contribution in [1.29, 1.82) is 0 Å². The second-order valence-electron chi connectivity index (χ2n) is 4.24. The number of hydrazine groups is 1. The highest BCUT2D eigenvalue weighted by Crippen LogP contribution is 2.09. The third-order valence-corrected chi connectivity index (χ3v) is 3.09. The number of carbonyl (C=O) groups excluding carboxylic acids is 1. The first-order valence-electron chi connectivity index (χ1n) is 5.75. The van der Waals surface area contributed by atoms with Crippen molar-refractivity contribution in [1.82, 2.24) is 5.43 Å². The van der Waals surface area contributed by atoms with Crippen LogP contribution in [0.1, 0.15) is 24.0 Å². The smallest absolute Gasteiger partial charge is 0.234 e. The zero-order valence-corrected chi connectivity index (χ0v) is 9.68. The van der Waals surface area contributed by atoms with Crippen LogP contribution in [0.15, 0.2) is 28.4 Å². The molecule has 0 aromatic heterocycles. The summed E-state index contributed by atoms with van der Waals surface area (Å²) in [5.74, 6) is 4.86. The Bertz CT molecular complexity index is 700. The summed E-state index contributed by atoms with van der Waals surface area (Å²) in [5, 5.41) is 10.3. The second kappa shape index (κ2) is 4.19. The van der Waals surface area contributed by atoms with Gasteiger partial charge >= 0.3 is 0 Å². The van der Waals surface area contributed by atoms with Crippen molar-refractivity contribution in [3.05, 3.63) is 39.9 Å². The van der Waals surface area contributed by atoms with Crippen LogP contribution in [-0.4, -0.2) is 11.6 Å². The SMILES string of the molecule is NNC(=O)CCC1=NN=c2cc3c(cc21)=CC=C3. The van der Waals surface area contributed by atoms with E-state index in [1.807, 2.05) is 18.2 Å². The largest absolute Gasteiger partial charge is 0.294 e. The predicted octanol–water partition coefficient (Wildman–Crippen LogP) is -0.399. The third-order valence-electron chi connectivity index (χ3n) is 3.09. The molecule has 0 bridgehead atoms. The molecule has 3 rings (SSSR count). The number of hydrogen-bond donors (Lipinski definition) is 2. The van der Waals surface area contributed by atoms with Crippen LogP contribution < -0.4 is 21.8 Å². The number of allylic oxidation sites excluding steroid dienone is 1. The van der Waals surface area contributed by atoms with Crippen LogP contribution in [0.4, 0.5) is 0 Å². The summed E-state index contributed by atoms with van der Waals surface area (Å²) in [6, 6.07) is 4.09. The first kappa shape index (κ1) is 10.9. The number of nitrogens with two attached hydrogens (primary N) is 1. The molecular formula is C13H12N4O. The van der Waals surface area contributed by atoms with Gasteiger partial charge in [0.25, 0.3) is 0 Å². The van der Waals surface area contributed by atoms with Crippen molar-refractivity contribution in [3.63, 3.8) is 0 Å². The van der Waals surface area contributed by atoms with E-state index in [2.05, 4.69) is 27.8 Å². The fourth-order valence-electron chi connectivity index (χ4n) is 2.14. The molecule has 5 heteroatoms. The number of amides is 1. The topological polar surface area (TPSA) is 79.8 Å². The van der Waals surface area contributed by atoms with E-state index in [9.17, 15) is 4.79 Å². The van der Waals surface area contributed by atoms with Gasteiger partial charge < -0.3 is 0 Å². The Labute approximate surface area is 103 Å². The molecular weight excluding hydrogens is 228 g/mol. The highest BCUT2D eigenvalue weighted by atomic mass is 16.2. The molecule has 0 saturated carbocycles. The van der Waals surface area contributed by atoms with Gasteiger partial charge in [-0.15, -0.1) is 0 Å². The monoisotopic (exact) mass is 240 g/mol. The summed E-state index contributed by atoms with van der Waals surface area (Å²) in [4.78, 5) is 11.1. The van der Waals surface area contributed by atoms with Crippen molar-refractivity contribution in [2.45, 2.75) is 12.8 Å². The quantitative estimate of drug-likeness (QED) is 0.428. The fourth-order valence-corrected chi connectivity index (χ4v) is 2.14. The molecule has 90 valence electrons. The fraction of sp³-hybridized carbons (Fsp3) is 0.154. The van der Waals surface area contributed by atoms with E-state index >= 15 is 0 Å². The molecule has 18 heavy (non-hydrogen) atoms. The van der Waals surface area contributed by atoms with Crippen LogP contribution in [0.25, 0.3) is 12.2 Å². The first-order valence-corrected chi connectivity index (χ1v) is 5.75. The molecule has 0 unspecified atom stereocenters. The Hall–Kier alpha value is -2.27. The summed E-state index contributed by atoms with van der Waals surface area (Å²) in [6.07, 6.45) is 6.98. The normalized spacial score (nSPS) is 14.4.